The smallest absolute Gasteiger partial charge is 0.254 e. The number of likely N-dealkylation sites (tertiary alicyclic amines) is 1. The normalized spacial score (nSPS) is 18.1. The summed E-state index contributed by atoms with van der Waals surface area (Å²) in [5.41, 5.74) is 1.54. The Morgan fingerprint density at radius 1 is 1.43 bits per heavy atom. The van der Waals surface area contributed by atoms with Gasteiger partial charge in [0.25, 0.3) is 5.91 Å². The van der Waals surface area contributed by atoms with E-state index in [1.807, 2.05) is 29.2 Å². The summed E-state index contributed by atoms with van der Waals surface area (Å²) in [4.78, 5) is 22.2. The lowest BCUT2D eigenvalue weighted by Gasteiger charge is -2.33. The van der Waals surface area contributed by atoms with Crippen molar-refractivity contribution in [2.24, 2.45) is 0 Å². The van der Waals surface area contributed by atoms with Gasteiger partial charge < -0.3 is 14.6 Å². The maximum absolute atomic E-state index is 13.0. The highest BCUT2D eigenvalue weighted by molar-refractivity contribution is 6.00. The first-order valence-electron chi connectivity index (χ1n) is 8.29. The molecule has 0 spiro atoms. The summed E-state index contributed by atoms with van der Waals surface area (Å²) in [6.07, 6.45) is 6.65. The van der Waals surface area contributed by atoms with Crippen LogP contribution in [0.2, 0.25) is 0 Å². The van der Waals surface area contributed by atoms with Crippen molar-refractivity contribution in [1.29, 1.82) is 0 Å². The van der Waals surface area contributed by atoms with E-state index in [0.29, 0.717) is 12.1 Å². The molecule has 1 fully saturated rings. The summed E-state index contributed by atoms with van der Waals surface area (Å²) >= 11 is 0. The van der Waals surface area contributed by atoms with Crippen LogP contribution in [0.3, 0.4) is 0 Å². The monoisotopic (exact) mass is 313 g/mol. The Labute approximate surface area is 136 Å². The Morgan fingerprint density at radius 3 is 3.09 bits per heavy atom. The second-order valence-electron chi connectivity index (χ2n) is 5.87. The number of carbonyl (C=O) groups is 1. The molecule has 1 unspecified atom stereocenters. The Bertz CT molecular complexity index is 639. The van der Waals surface area contributed by atoms with E-state index in [0.717, 1.165) is 43.8 Å². The van der Waals surface area contributed by atoms with Gasteiger partial charge in [0.15, 0.2) is 0 Å². The van der Waals surface area contributed by atoms with Gasteiger partial charge in [0.05, 0.1) is 11.7 Å². The number of amides is 1. The van der Waals surface area contributed by atoms with Crippen LogP contribution < -0.4 is 0 Å². The number of hydrogen-bond acceptors (Lipinski definition) is 3. The summed E-state index contributed by atoms with van der Waals surface area (Å²) in [7, 11) is 0. The largest absolute Gasteiger partial charge is 0.376 e. The van der Waals surface area contributed by atoms with Crippen molar-refractivity contribution >= 4 is 5.91 Å². The first-order chi connectivity index (χ1) is 11.3. The number of benzene rings is 1. The first kappa shape index (κ1) is 15.7. The van der Waals surface area contributed by atoms with Gasteiger partial charge in [-0.05, 0) is 25.3 Å². The Kier molecular flexibility index (Phi) is 5.08. The lowest BCUT2D eigenvalue weighted by Crippen LogP contribution is -2.43. The molecule has 0 radical (unpaired) electrons. The van der Waals surface area contributed by atoms with Crippen molar-refractivity contribution in [1.82, 2.24) is 14.9 Å². The molecule has 1 amide bonds. The number of piperidine rings is 1. The fourth-order valence-electron chi connectivity index (χ4n) is 3.00. The van der Waals surface area contributed by atoms with Crippen LogP contribution in [0.1, 0.15) is 36.5 Å². The number of aromatic amines is 1. The SMILES string of the molecule is CCCOC1CCCN(C(=O)c2ccccc2-c2ncc[nH]2)C1. The number of nitrogens with zero attached hydrogens (tertiary/aromatic N) is 2. The van der Waals surface area contributed by atoms with E-state index in [1.54, 1.807) is 12.4 Å². The maximum atomic E-state index is 13.0. The fraction of sp³-hybridized carbons (Fsp3) is 0.444. The standard InChI is InChI=1S/C18H23N3O2/c1-2-12-23-14-6-5-11-21(13-14)18(22)16-8-4-3-7-15(16)17-19-9-10-20-17/h3-4,7-10,14H,2,5-6,11-13H2,1H3,(H,19,20). The van der Waals surface area contributed by atoms with Gasteiger partial charge in [-0.1, -0.05) is 25.1 Å². The van der Waals surface area contributed by atoms with E-state index in [-0.39, 0.29) is 12.0 Å². The van der Waals surface area contributed by atoms with Gasteiger partial charge >= 0.3 is 0 Å². The molecule has 2 heterocycles. The Balaban J connectivity index is 1.78. The average molecular weight is 313 g/mol. The zero-order chi connectivity index (χ0) is 16.1. The summed E-state index contributed by atoms with van der Waals surface area (Å²) in [6, 6.07) is 7.63. The number of carbonyl (C=O) groups excluding carboxylic acids is 1. The van der Waals surface area contributed by atoms with Crippen LogP contribution in [-0.4, -0.2) is 46.6 Å². The Morgan fingerprint density at radius 2 is 2.30 bits per heavy atom. The number of H-pyrrole nitrogens is 1. The Hall–Kier alpha value is -2.14. The second kappa shape index (κ2) is 7.42. The van der Waals surface area contributed by atoms with Gasteiger partial charge in [-0.3, -0.25) is 4.79 Å². The van der Waals surface area contributed by atoms with Crippen molar-refractivity contribution in [3.8, 4) is 11.4 Å². The van der Waals surface area contributed by atoms with Crippen LogP contribution in [0, 0.1) is 0 Å². The topological polar surface area (TPSA) is 58.2 Å². The third kappa shape index (κ3) is 3.62. The maximum Gasteiger partial charge on any atom is 0.254 e. The molecule has 122 valence electrons. The highest BCUT2D eigenvalue weighted by Gasteiger charge is 2.26. The van der Waals surface area contributed by atoms with E-state index < -0.39 is 0 Å². The number of aromatic nitrogens is 2. The average Bonchev–Trinajstić information content (AvgIpc) is 3.14. The van der Waals surface area contributed by atoms with Crippen molar-refractivity contribution < 1.29 is 9.53 Å². The van der Waals surface area contributed by atoms with E-state index in [4.69, 9.17) is 4.74 Å². The van der Waals surface area contributed by atoms with Gasteiger partial charge in [-0.2, -0.15) is 0 Å². The van der Waals surface area contributed by atoms with Crippen LogP contribution in [-0.2, 0) is 4.74 Å². The van der Waals surface area contributed by atoms with E-state index in [9.17, 15) is 4.79 Å². The summed E-state index contributed by atoms with van der Waals surface area (Å²) in [5, 5.41) is 0. The quantitative estimate of drug-likeness (QED) is 0.922. The van der Waals surface area contributed by atoms with Crippen LogP contribution >= 0.6 is 0 Å². The van der Waals surface area contributed by atoms with Crippen molar-refractivity contribution in [2.45, 2.75) is 32.3 Å². The summed E-state index contributed by atoms with van der Waals surface area (Å²) in [5.74, 6) is 0.784. The molecule has 1 saturated heterocycles. The molecular formula is C18H23N3O2. The molecule has 3 rings (SSSR count). The third-order valence-corrected chi connectivity index (χ3v) is 4.13. The molecule has 0 bridgehead atoms. The van der Waals surface area contributed by atoms with Gasteiger partial charge in [-0.25, -0.2) is 4.98 Å². The van der Waals surface area contributed by atoms with Gasteiger partial charge in [0.1, 0.15) is 5.82 Å². The molecule has 1 N–H and O–H groups in total. The van der Waals surface area contributed by atoms with E-state index >= 15 is 0 Å². The molecule has 5 heteroatoms. The molecule has 1 aromatic carbocycles. The molecule has 1 atom stereocenters. The number of rotatable bonds is 5. The van der Waals surface area contributed by atoms with Gasteiger partial charge in [0.2, 0.25) is 0 Å². The minimum absolute atomic E-state index is 0.0572. The lowest BCUT2D eigenvalue weighted by atomic mass is 10.0. The van der Waals surface area contributed by atoms with Crippen molar-refractivity contribution in [3.63, 3.8) is 0 Å². The highest BCUT2D eigenvalue weighted by Crippen LogP contribution is 2.23. The second-order valence-corrected chi connectivity index (χ2v) is 5.87. The fourth-order valence-corrected chi connectivity index (χ4v) is 3.00. The van der Waals surface area contributed by atoms with Crippen molar-refractivity contribution in [3.05, 3.63) is 42.2 Å². The molecule has 23 heavy (non-hydrogen) atoms. The molecule has 0 aliphatic carbocycles. The number of ether oxygens (including phenoxy) is 1. The minimum atomic E-state index is 0.0572. The molecule has 5 nitrogen and oxygen atoms in total. The summed E-state index contributed by atoms with van der Waals surface area (Å²) < 4.78 is 5.84. The number of hydrogen-bond donors (Lipinski definition) is 1. The van der Waals surface area contributed by atoms with Crippen molar-refractivity contribution in [2.75, 3.05) is 19.7 Å². The van der Waals surface area contributed by atoms with E-state index in [2.05, 4.69) is 16.9 Å². The van der Waals surface area contributed by atoms with E-state index in [1.165, 1.54) is 0 Å². The number of imidazole rings is 1. The number of nitrogens with one attached hydrogen (secondary N) is 1. The van der Waals surface area contributed by atoms with Crippen LogP contribution in [0.15, 0.2) is 36.7 Å². The molecule has 1 aliphatic rings. The summed E-state index contributed by atoms with van der Waals surface area (Å²) in [6.45, 7) is 4.32. The zero-order valence-electron chi connectivity index (χ0n) is 13.5. The van der Waals surface area contributed by atoms with Crippen LogP contribution in [0.4, 0.5) is 0 Å². The van der Waals surface area contributed by atoms with Gasteiger partial charge in [-0.15, -0.1) is 0 Å². The lowest BCUT2D eigenvalue weighted by molar-refractivity contribution is 0.00213. The first-order valence-corrected chi connectivity index (χ1v) is 8.29. The molecule has 0 saturated carbocycles. The molecule has 1 aliphatic heterocycles. The molecule has 1 aromatic heterocycles. The minimum Gasteiger partial charge on any atom is -0.376 e. The predicted molar refractivity (Wildman–Crippen MR) is 89.2 cm³/mol. The van der Waals surface area contributed by atoms with Crippen LogP contribution in [0.25, 0.3) is 11.4 Å². The van der Waals surface area contributed by atoms with Crippen LogP contribution in [0.5, 0.6) is 0 Å². The third-order valence-electron chi connectivity index (χ3n) is 4.13. The highest BCUT2D eigenvalue weighted by atomic mass is 16.5. The molecular weight excluding hydrogens is 290 g/mol. The molecule has 2 aromatic rings. The zero-order valence-corrected chi connectivity index (χ0v) is 13.5. The predicted octanol–water partition coefficient (Wildman–Crippen LogP) is 3.11. The van der Waals surface area contributed by atoms with Gasteiger partial charge in [0, 0.05) is 37.7 Å².